The number of pyridine rings is 1. The molecule has 2 heterocycles. The molecule has 0 unspecified atom stereocenters. The molecule has 2 N–H and O–H groups in total. The lowest BCUT2D eigenvalue weighted by Gasteiger charge is -2.02. The van der Waals surface area contributed by atoms with Gasteiger partial charge in [-0.3, -0.25) is 4.79 Å². The van der Waals surface area contributed by atoms with Gasteiger partial charge < -0.3 is 10.3 Å². The van der Waals surface area contributed by atoms with Crippen LogP contribution in [0.4, 0.5) is 4.39 Å². The SMILES string of the molecule is O=C(NCc1ncc[nH]1)c1ccc(F)nc1. The molecule has 0 radical (unpaired) electrons. The highest BCUT2D eigenvalue weighted by Gasteiger charge is 2.06. The van der Waals surface area contributed by atoms with Crippen LogP contribution in [-0.2, 0) is 6.54 Å². The lowest BCUT2D eigenvalue weighted by atomic mass is 10.2. The van der Waals surface area contributed by atoms with Crippen LogP contribution >= 0.6 is 0 Å². The summed E-state index contributed by atoms with van der Waals surface area (Å²) in [5, 5.41) is 2.63. The van der Waals surface area contributed by atoms with Crippen LogP contribution in [-0.4, -0.2) is 20.9 Å². The zero-order valence-electron chi connectivity index (χ0n) is 8.27. The van der Waals surface area contributed by atoms with Crippen LogP contribution in [0.3, 0.4) is 0 Å². The number of nitrogens with zero attached hydrogens (tertiary/aromatic N) is 2. The van der Waals surface area contributed by atoms with Gasteiger partial charge in [0, 0.05) is 18.6 Å². The number of imidazole rings is 1. The second-order valence-corrected chi connectivity index (χ2v) is 3.09. The van der Waals surface area contributed by atoms with Gasteiger partial charge in [0.25, 0.3) is 5.91 Å². The third kappa shape index (κ3) is 2.41. The maximum atomic E-state index is 12.5. The van der Waals surface area contributed by atoms with Crippen molar-refractivity contribution in [3.63, 3.8) is 0 Å². The number of hydrogen-bond acceptors (Lipinski definition) is 3. The molecule has 6 heteroatoms. The van der Waals surface area contributed by atoms with Crippen molar-refractivity contribution in [2.75, 3.05) is 0 Å². The van der Waals surface area contributed by atoms with Gasteiger partial charge in [-0.15, -0.1) is 0 Å². The molecular formula is C10H9FN4O. The van der Waals surface area contributed by atoms with E-state index < -0.39 is 5.95 Å². The number of amides is 1. The maximum absolute atomic E-state index is 12.5. The van der Waals surface area contributed by atoms with Crippen molar-refractivity contribution in [2.45, 2.75) is 6.54 Å². The summed E-state index contributed by atoms with van der Waals surface area (Å²) < 4.78 is 12.5. The van der Waals surface area contributed by atoms with Gasteiger partial charge in [-0.25, -0.2) is 9.97 Å². The van der Waals surface area contributed by atoms with Crippen molar-refractivity contribution in [2.24, 2.45) is 0 Å². The molecule has 0 aliphatic heterocycles. The normalized spacial score (nSPS) is 10.1. The minimum Gasteiger partial charge on any atom is -0.347 e. The summed E-state index contributed by atoms with van der Waals surface area (Å²) in [6.07, 6.45) is 4.45. The Hall–Kier alpha value is -2.24. The maximum Gasteiger partial charge on any atom is 0.253 e. The average molecular weight is 220 g/mol. The summed E-state index contributed by atoms with van der Waals surface area (Å²) in [6, 6.07) is 2.52. The number of hydrogen-bond donors (Lipinski definition) is 2. The molecule has 0 aliphatic rings. The zero-order chi connectivity index (χ0) is 11.4. The second kappa shape index (κ2) is 4.52. The van der Waals surface area contributed by atoms with Gasteiger partial charge in [-0.2, -0.15) is 4.39 Å². The Labute approximate surface area is 90.7 Å². The largest absolute Gasteiger partial charge is 0.347 e. The first-order chi connectivity index (χ1) is 7.75. The Kier molecular flexibility index (Phi) is 2.90. The van der Waals surface area contributed by atoms with Gasteiger partial charge in [0.1, 0.15) is 5.82 Å². The van der Waals surface area contributed by atoms with E-state index in [9.17, 15) is 9.18 Å². The van der Waals surface area contributed by atoms with Crippen LogP contribution in [0.1, 0.15) is 16.2 Å². The fraction of sp³-hybridized carbons (Fsp3) is 0.100. The first-order valence-electron chi connectivity index (χ1n) is 4.64. The highest BCUT2D eigenvalue weighted by molar-refractivity contribution is 5.93. The van der Waals surface area contributed by atoms with E-state index in [1.54, 1.807) is 12.4 Å². The highest BCUT2D eigenvalue weighted by atomic mass is 19.1. The molecule has 0 saturated carbocycles. The molecule has 2 rings (SSSR count). The van der Waals surface area contributed by atoms with Crippen molar-refractivity contribution < 1.29 is 9.18 Å². The molecule has 0 aliphatic carbocycles. The monoisotopic (exact) mass is 220 g/mol. The van der Waals surface area contributed by atoms with Crippen molar-refractivity contribution in [3.05, 3.63) is 48.1 Å². The number of aromatic amines is 1. The van der Waals surface area contributed by atoms with Crippen LogP contribution in [0, 0.1) is 5.95 Å². The van der Waals surface area contributed by atoms with Crippen LogP contribution in [0.5, 0.6) is 0 Å². The smallest absolute Gasteiger partial charge is 0.253 e. The third-order valence-electron chi connectivity index (χ3n) is 1.96. The zero-order valence-corrected chi connectivity index (χ0v) is 8.27. The summed E-state index contributed by atoms with van der Waals surface area (Å²) in [5.41, 5.74) is 0.313. The third-order valence-corrected chi connectivity index (χ3v) is 1.96. The fourth-order valence-corrected chi connectivity index (χ4v) is 1.17. The Morgan fingerprint density at radius 2 is 2.31 bits per heavy atom. The number of H-pyrrole nitrogens is 1. The van der Waals surface area contributed by atoms with E-state index in [-0.39, 0.29) is 5.91 Å². The van der Waals surface area contributed by atoms with Gasteiger partial charge in [0.15, 0.2) is 0 Å². The minimum absolute atomic E-state index is 0.295. The Morgan fingerprint density at radius 1 is 1.44 bits per heavy atom. The molecule has 0 atom stereocenters. The minimum atomic E-state index is -0.609. The topological polar surface area (TPSA) is 70.7 Å². The standard InChI is InChI=1S/C10H9FN4O/c11-8-2-1-7(5-14-8)10(16)15-6-9-12-3-4-13-9/h1-5H,6H2,(H,12,13)(H,15,16). The van der Waals surface area contributed by atoms with E-state index in [1.807, 2.05) is 0 Å². The van der Waals surface area contributed by atoms with Crippen LogP contribution in [0.15, 0.2) is 30.7 Å². The van der Waals surface area contributed by atoms with Gasteiger partial charge in [0.2, 0.25) is 5.95 Å². The van der Waals surface area contributed by atoms with Crippen LogP contribution in [0.25, 0.3) is 0 Å². The number of aromatic nitrogens is 3. The summed E-state index contributed by atoms with van der Waals surface area (Å²) in [6.45, 7) is 0.295. The van der Waals surface area contributed by atoms with E-state index >= 15 is 0 Å². The molecular weight excluding hydrogens is 211 g/mol. The molecule has 0 saturated heterocycles. The lowest BCUT2D eigenvalue weighted by Crippen LogP contribution is -2.23. The molecule has 0 bridgehead atoms. The molecule has 2 aromatic heterocycles. The Balaban J connectivity index is 1.95. The number of nitrogens with one attached hydrogen (secondary N) is 2. The number of rotatable bonds is 3. The lowest BCUT2D eigenvalue weighted by molar-refractivity contribution is 0.0949. The second-order valence-electron chi connectivity index (χ2n) is 3.09. The van der Waals surface area contributed by atoms with Gasteiger partial charge in [-0.05, 0) is 12.1 Å². The van der Waals surface area contributed by atoms with Crippen molar-refractivity contribution in [3.8, 4) is 0 Å². The number of carbonyl (C=O) groups excluding carboxylic acids is 1. The van der Waals surface area contributed by atoms with Crippen molar-refractivity contribution in [1.29, 1.82) is 0 Å². The van der Waals surface area contributed by atoms with Gasteiger partial charge in [0.05, 0.1) is 12.1 Å². The predicted octanol–water partition coefficient (Wildman–Crippen LogP) is 0.874. The first-order valence-corrected chi connectivity index (χ1v) is 4.64. The quantitative estimate of drug-likeness (QED) is 0.754. The molecule has 0 spiro atoms. The van der Waals surface area contributed by atoms with Crippen LogP contribution < -0.4 is 5.32 Å². The summed E-state index contributed by atoms with van der Waals surface area (Å²) in [4.78, 5) is 21.7. The molecule has 1 amide bonds. The summed E-state index contributed by atoms with van der Waals surface area (Å²) in [5.74, 6) is -0.269. The molecule has 0 aromatic carbocycles. The molecule has 0 fully saturated rings. The van der Waals surface area contributed by atoms with Gasteiger partial charge >= 0.3 is 0 Å². The summed E-state index contributed by atoms with van der Waals surface area (Å²) in [7, 11) is 0. The summed E-state index contributed by atoms with van der Waals surface area (Å²) >= 11 is 0. The number of carbonyl (C=O) groups is 1. The van der Waals surface area contributed by atoms with E-state index in [2.05, 4.69) is 20.3 Å². The van der Waals surface area contributed by atoms with E-state index in [1.165, 1.54) is 12.3 Å². The number of halogens is 1. The van der Waals surface area contributed by atoms with E-state index in [4.69, 9.17) is 0 Å². The van der Waals surface area contributed by atoms with E-state index in [0.29, 0.717) is 17.9 Å². The molecule has 2 aromatic rings. The van der Waals surface area contributed by atoms with Crippen molar-refractivity contribution >= 4 is 5.91 Å². The first kappa shape index (κ1) is 10.3. The predicted molar refractivity (Wildman–Crippen MR) is 54.0 cm³/mol. The van der Waals surface area contributed by atoms with Crippen LogP contribution in [0.2, 0.25) is 0 Å². The van der Waals surface area contributed by atoms with Crippen molar-refractivity contribution in [1.82, 2.24) is 20.3 Å². The molecule has 5 nitrogen and oxygen atoms in total. The van der Waals surface area contributed by atoms with E-state index in [0.717, 1.165) is 6.07 Å². The highest BCUT2D eigenvalue weighted by Crippen LogP contribution is 1.99. The molecule has 16 heavy (non-hydrogen) atoms. The molecule has 82 valence electrons. The fourth-order valence-electron chi connectivity index (χ4n) is 1.17. The Bertz CT molecular complexity index is 466. The average Bonchev–Trinajstić information content (AvgIpc) is 2.80. The van der Waals surface area contributed by atoms with Gasteiger partial charge in [-0.1, -0.05) is 0 Å². The Morgan fingerprint density at radius 3 is 2.94 bits per heavy atom.